The normalized spacial score (nSPS) is 12.9. The predicted molar refractivity (Wildman–Crippen MR) is 56.7 cm³/mol. The summed E-state index contributed by atoms with van der Waals surface area (Å²) in [5.41, 5.74) is 2.30. The van der Waals surface area contributed by atoms with Crippen LogP contribution in [-0.4, -0.2) is 4.98 Å². The van der Waals surface area contributed by atoms with Gasteiger partial charge in [-0.3, -0.25) is 0 Å². The number of rotatable bonds is 4. The van der Waals surface area contributed by atoms with Crippen molar-refractivity contribution in [3.8, 4) is 0 Å². The summed E-state index contributed by atoms with van der Waals surface area (Å²) in [5.74, 6) is 0. The van der Waals surface area contributed by atoms with Crippen molar-refractivity contribution in [2.75, 3.05) is 0 Å². The molecule has 0 aliphatic rings. The van der Waals surface area contributed by atoms with E-state index in [-0.39, 0.29) is 0 Å². The van der Waals surface area contributed by atoms with Crippen LogP contribution in [-0.2, 0) is 16.3 Å². The van der Waals surface area contributed by atoms with Gasteiger partial charge in [-0.25, -0.2) is 0 Å². The number of H-pyrrole nitrogens is 1. The zero-order valence-electron chi connectivity index (χ0n) is 9.26. The van der Waals surface area contributed by atoms with E-state index in [0.717, 1.165) is 21.0 Å². The van der Waals surface area contributed by atoms with Gasteiger partial charge in [-0.2, -0.15) is 0 Å². The van der Waals surface area contributed by atoms with E-state index in [1.807, 2.05) is 13.8 Å². The van der Waals surface area contributed by atoms with E-state index < -0.39 is 16.3 Å². The second-order valence-electron chi connectivity index (χ2n) is 3.44. The molecule has 0 atom stereocenters. The van der Waals surface area contributed by atoms with E-state index in [1.54, 1.807) is 0 Å². The number of aryl methyl sites for hydroxylation is 2. The van der Waals surface area contributed by atoms with E-state index in [9.17, 15) is 4.91 Å². The molecule has 0 saturated carbocycles. The van der Waals surface area contributed by atoms with Crippen LogP contribution in [0.2, 0.25) is 9.62 Å². The maximum atomic E-state index is 11.1. The quantitative estimate of drug-likeness (QED) is 0.819. The van der Waals surface area contributed by atoms with Gasteiger partial charge in [0.25, 0.3) is 0 Å². The number of nitrogens with one attached hydrogen (secondary N) is 1. The van der Waals surface area contributed by atoms with Crippen molar-refractivity contribution in [1.29, 1.82) is 0 Å². The molecule has 0 aliphatic carbocycles. The van der Waals surface area contributed by atoms with Crippen LogP contribution < -0.4 is 3.95 Å². The van der Waals surface area contributed by atoms with Gasteiger partial charge in [0.15, 0.2) is 0 Å². The molecule has 0 aromatic carbocycles. The first kappa shape index (κ1) is 11.6. The van der Waals surface area contributed by atoms with E-state index >= 15 is 0 Å². The van der Waals surface area contributed by atoms with Crippen molar-refractivity contribution < 1.29 is 16.3 Å². The van der Waals surface area contributed by atoms with Crippen molar-refractivity contribution in [2.24, 2.45) is 3.74 Å². The van der Waals surface area contributed by atoms with Gasteiger partial charge < -0.3 is 0 Å². The number of hydrogen-bond donors (Lipinski definition) is 1. The number of aromatic nitrogens is 1. The minimum absolute atomic E-state index is 0.963. The Morgan fingerprint density at radius 3 is 2.21 bits per heavy atom. The summed E-state index contributed by atoms with van der Waals surface area (Å²) in [7, 11) is 0. The van der Waals surface area contributed by atoms with Crippen molar-refractivity contribution in [2.45, 2.75) is 37.3 Å². The summed E-state index contributed by atoms with van der Waals surface area (Å²) in [6, 6.07) is 2.12. The number of nitrogens with zero attached hydrogens (tertiary/aromatic N) is 1. The first-order valence-electron chi connectivity index (χ1n) is 4.89. The van der Waals surface area contributed by atoms with Gasteiger partial charge in [-0.05, 0) is 0 Å². The molecule has 0 radical (unpaired) electrons. The zero-order chi connectivity index (χ0) is 10.8. The van der Waals surface area contributed by atoms with Gasteiger partial charge in [-0.1, -0.05) is 0 Å². The molecule has 4 heteroatoms. The Bertz CT molecular complexity index is 329. The SMILES string of the molecule is C[CH2][W]([CH2]C)([N]=O)[c]1cc(C)[nH]c1C. The molecule has 0 aliphatic heterocycles. The van der Waals surface area contributed by atoms with Gasteiger partial charge in [0.05, 0.1) is 0 Å². The van der Waals surface area contributed by atoms with Crippen LogP contribution in [0.1, 0.15) is 25.2 Å². The fourth-order valence-corrected chi connectivity index (χ4v) is 10.2. The van der Waals surface area contributed by atoms with Crippen molar-refractivity contribution in [3.05, 3.63) is 22.4 Å². The van der Waals surface area contributed by atoms with Crippen molar-refractivity contribution in [1.82, 2.24) is 4.98 Å². The molecule has 80 valence electrons. The Hall–Kier alpha value is -0.432. The summed E-state index contributed by atoms with van der Waals surface area (Å²) < 4.78 is 4.80. The summed E-state index contributed by atoms with van der Waals surface area (Å²) in [5, 5.41) is 0. The molecule has 0 unspecified atom stereocenters. The molecule has 1 heterocycles. The molecular formula is C10H18N2OW. The molecule has 14 heavy (non-hydrogen) atoms. The van der Waals surface area contributed by atoms with E-state index in [1.165, 1.54) is 3.95 Å². The standard InChI is InChI=1S/C6H8N.2C2H5.NO.W/c1-5-3-4-6(2)7-5;3*1-2;/h3,7H,1-2H3;2*1H2,2H3;;/q;;;-1;+1. The number of hydrogen-bond acceptors (Lipinski definition) is 2. The van der Waals surface area contributed by atoms with E-state index in [2.05, 4.69) is 28.6 Å². The van der Waals surface area contributed by atoms with Crippen LogP contribution in [0.15, 0.2) is 9.80 Å². The third-order valence-electron chi connectivity index (χ3n) is 2.61. The fourth-order valence-electron chi connectivity index (χ4n) is 1.75. The van der Waals surface area contributed by atoms with Gasteiger partial charge in [0.1, 0.15) is 0 Å². The van der Waals surface area contributed by atoms with E-state index in [0.29, 0.717) is 0 Å². The van der Waals surface area contributed by atoms with Gasteiger partial charge >= 0.3 is 88.7 Å². The van der Waals surface area contributed by atoms with Gasteiger partial charge in [0, 0.05) is 0 Å². The molecule has 1 aromatic rings. The first-order chi connectivity index (χ1) is 6.59. The molecule has 1 aromatic heterocycles. The molecule has 1 N–H and O–H groups in total. The Labute approximate surface area is 88.8 Å². The Morgan fingerprint density at radius 1 is 1.36 bits per heavy atom. The first-order valence-corrected chi connectivity index (χ1v) is 11.8. The van der Waals surface area contributed by atoms with Crippen molar-refractivity contribution in [3.63, 3.8) is 0 Å². The predicted octanol–water partition coefficient (Wildman–Crippen LogP) is 2.97. The Morgan fingerprint density at radius 2 is 1.93 bits per heavy atom. The fraction of sp³-hybridized carbons (Fsp3) is 0.600. The number of aromatic amines is 1. The summed E-state index contributed by atoms with van der Waals surface area (Å²) >= 11 is -2.85. The van der Waals surface area contributed by atoms with E-state index in [4.69, 9.17) is 0 Å². The third kappa shape index (κ3) is 1.83. The molecule has 0 spiro atoms. The van der Waals surface area contributed by atoms with Crippen LogP contribution in [0, 0.1) is 18.8 Å². The summed E-state index contributed by atoms with van der Waals surface area (Å²) in [4.78, 5) is 16.3. The number of nitroso groups, excluding NO2 is 1. The van der Waals surface area contributed by atoms with Crippen LogP contribution >= 0.6 is 0 Å². The topological polar surface area (TPSA) is 45.2 Å². The molecule has 1 rings (SSSR count). The Kier molecular flexibility index (Phi) is 3.65. The van der Waals surface area contributed by atoms with Gasteiger partial charge in [-0.15, -0.1) is 0 Å². The van der Waals surface area contributed by atoms with Crippen molar-refractivity contribution >= 4 is 3.95 Å². The molecule has 0 saturated heterocycles. The average molecular weight is 366 g/mol. The summed E-state index contributed by atoms with van der Waals surface area (Å²) in [6.45, 7) is 8.27. The Balaban J connectivity index is 3.23. The molecular weight excluding hydrogens is 348 g/mol. The maximum absolute atomic E-state index is 11.1. The van der Waals surface area contributed by atoms with Gasteiger partial charge in [0.2, 0.25) is 0 Å². The minimum atomic E-state index is -2.85. The third-order valence-corrected chi connectivity index (χ3v) is 15.0. The zero-order valence-corrected chi connectivity index (χ0v) is 12.2. The monoisotopic (exact) mass is 366 g/mol. The average Bonchev–Trinajstić information content (AvgIpc) is 2.51. The van der Waals surface area contributed by atoms with Crippen LogP contribution in [0.3, 0.4) is 0 Å². The second-order valence-corrected chi connectivity index (χ2v) is 15.8. The van der Waals surface area contributed by atoms with Crippen LogP contribution in [0.5, 0.6) is 0 Å². The van der Waals surface area contributed by atoms with Crippen LogP contribution in [0.25, 0.3) is 0 Å². The molecule has 0 fully saturated rings. The molecule has 0 bridgehead atoms. The molecule has 3 nitrogen and oxygen atoms in total. The summed E-state index contributed by atoms with van der Waals surface area (Å²) in [6.07, 6.45) is 0. The molecule has 0 amide bonds. The second kappa shape index (κ2) is 4.39. The van der Waals surface area contributed by atoms with Crippen LogP contribution in [0.4, 0.5) is 0 Å².